The Hall–Kier alpha value is -0.610. The van der Waals surface area contributed by atoms with Crippen molar-refractivity contribution >= 4 is 29.6 Å². The summed E-state index contributed by atoms with van der Waals surface area (Å²) in [5.41, 5.74) is 0.423. The standard InChI is InChI=1S/C11H13ClN2OS/c12-10-9(5-15)11(14-7-13-10)16-6-8-3-1-2-4-8/h5,7-8H,1-4,6H2. The van der Waals surface area contributed by atoms with Gasteiger partial charge in [0.1, 0.15) is 16.5 Å². The van der Waals surface area contributed by atoms with Crippen molar-refractivity contribution in [3.05, 3.63) is 17.0 Å². The van der Waals surface area contributed by atoms with Gasteiger partial charge in [-0.15, -0.1) is 11.8 Å². The topological polar surface area (TPSA) is 42.9 Å². The van der Waals surface area contributed by atoms with Gasteiger partial charge in [0.25, 0.3) is 0 Å². The first-order chi connectivity index (χ1) is 7.81. The third-order valence-corrected chi connectivity index (χ3v) is 4.39. The van der Waals surface area contributed by atoms with Crippen molar-refractivity contribution in [3.8, 4) is 0 Å². The highest BCUT2D eigenvalue weighted by Gasteiger charge is 2.17. The normalized spacial score (nSPS) is 16.6. The van der Waals surface area contributed by atoms with Crippen molar-refractivity contribution in [1.82, 2.24) is 9.97 Å². The number of hydrogen-bond acceptors (Lipinski definition) is 4. The zero-order chi connectivity index (χ0) is 11.4. The van der Waals surface area contributed by atoms with Crippen molar-refractivity contribution in [2.75, 3.05) is 5.75 Å². The Morgan fingerprint density at radius 1 is 1.44 bits per heavy atom. The molecule has 1 aliphatic carbocycles. The smallest absolute Gasteiger partial charge is 0.155 e. The van der Waals surface area contributed by atoms with E-state index in [2.05, 4.69) is 9.97 Å². The minimum Gasteiger partial charge on any atom is -0.298 e. The van der Waals surface area contributed by atoms with Crippen LogP contribution in [-0.2, 0) is 0 Å². The molecule has 0 N–H and O–H groups in total. The van der Waals surface area contributed by atoms with E-state index in [0.717, 1.165) is 18.0 Å². The SMILES string of the molecule is O=Cc1c(Cl)ncnc1SCC1CCCC1. The Labute approximate surface area is 104 Å². The zero-order valence-electron chi connectivity index (χ0n) is 8.86. The quantitative estimate of drug-likeness (QED) is 0.471. The molecule has 16 heavy (non-hydrogen) atoms. The highest BCUT2D eigenvalue weighted by atomic mass is 35.5. The number of aromatic nitrogens is 2. The number of carbonyl (C=O) groups is 1. The van der Waals surface area contributed by atoms with Crippen LogP contribution in [-0.4, -0.2) is 22.0 Å². The number of rotatable bonds is 4. The molecule has 86 valence electrons. The lowest BCUT2D eigenvalue weighted by atomic mass is 10.1. The predicted molar refractivity (Wildman–Crippen MR) is 65.1 cm³/mol. The van der Waals surface area contributed by atoms with Gasteiger partial charge in [-0.25, -0.2) is 9.97 Å². The first-order valence-corrected chi connectivity index (χ1v) is 6.76. The van der Waals surface area contributed by atoms with Gasteiger partial charge in [-0.1, -0.05) is 24.4 Å². The summed E-state index contributed by atoms with van der Waals surface area (Å²) >= 11 is 7.45. The van der Waals surface area contributed by atoms with Crippen LogP contribution in [0.15, 0.2) is 11.4 Å². The van der Waals surface area contributed by atoms with Crippen LogP contribution in [0.3, 0.4) is 0 Å². The van der Waals surface area contributed by atoms with Crippen LogP contribution < -0.4 is 0 Å². The van der Waals surface area contributed by atoms with Crippen LogP contribution in [0.2, 0.25) is 5.15 Å². The van der Waals surface area contributed by atoms with Gasteiger partial charge in [0.2, 0.25) is 0 Å². The van der Waals surface area contributed by atoms with Crippen molar-refractivity contribution in [2.45, 2.75) is 30.7 Å². The molecule has 0 bridgehead atoms. The van der Waals surface area contributed by atoms with Gasteiger partial charge in [-0.3, -0.25) is 4.79 Å². The Morgan fingerprint density at radius 2 is 2.19 bits per heavy atom. The molecule has 0 radical (unpaired) electrons. The molecule has 0 spiro atoms. The maximum Gasteiger partial charge on any atom is 0.155 e. The fraction of sp³-hybridized carbons (Fsp3) is 0.545. The van der Waals surface area contributed by atoms with Gasteiger partial charge in [0.15, 0.2) is 6.29 Å². The molecule has 3 nitrogen and oxygen atoms in total. The molecule has 0 saturated heterocycles. The lowest BCUT2D eigenvalue weighted by Crippen LogP contribution is -2.00. The van der Waals surface area contributed by atoms with E-state index in [1.807, 2.05) is 0 Å². The molecule has 0 amide bonds. The van der Waals surface area contributed by atoms with Gasteiger partial charge in [-0.05, 0) is 18.8 Å². The number of aldehydes is 1. The fourth-order valence-electron chi connectivity index (χ4n) is 1.95. The molecule has 0 atom stereocenters. The zero-order valence-corrected chi connectivity index (χ0v) is 10.4. The molecule has 1 fully saturated rings. The first kappa shape index (κ1) is 11.9. The predicted octanol–water partition coefficient (Wildman–Crippen LogP) is 3.22. The summed E-state index contributed by atoms with van der Waals surface area (Å²) in [7, 11) is 0. The Morgan fingerprint density at radius 3 is 2.88 bits per heavy atom. The van der Waals surface area contributed by atoms with Crippen molar-refractivity contribution in [1.29, 1.82) is 0 Å². The van der Waals surface area contributed by atoms with Crippen LogP contribution in [0.5, 0.6) is 0 Å². The minimum atomic E-state index is 0.249. The second-order valence-electron chi connectivity index (χ2n) is 3.96. The number of thioether (sulfide) groups is 1. The van der Waals surface area contributed by atoms with Crippen LogP contribution in [0.1, 0.15) is 36.0 Å². The van der Waals surface area contributed by atoms with Gasteiger partial charge in [0, 0.05) is 5.75 Å². The summed E-state index contributed by atoms with van der Waals surface area (Å²) in [5, 5.41) is 0.959. The van der Waals surface area contributed by atoms with E-state index in [-0.39, 0.29) is 5.15 Å². The molecule has 1 saturated carbocycles. The summed E-state index contributed by atoms with van der Waals surface area (Å²) in [6, 6.07) is 0. The monoisotopic (exact) mass is 256 g/mol. The number of halogens is 1. The second kappa shape index (κ2) is 5.64. The number of carbonyl (C=O) groups excluding carboxylic acids is 1. The summed E-state index contributed by atoms with van der Waals surface area (Å²) in [5.74, 6) is 1.78. The van der Waals surface area contributed by atoms with E-state index in [1.54, 1.807) is 11.8 Å². The Balaban J connectivity index is 2.02. The van der Waals surface area contributed by atoms with Gasteiger partial charge in [-0.2, -0.15) is 0 Å². The number of hydrogen-bond donors (Lipinski definition) is 0. The molecule has 2 rings (SSSR count). The fourth-order valence-corrected chi connectivity index (χ4v) is 3.33. The van der Waals surface area contributed by atoms with Crippen LogP contribution in [0, 0.1) is 5.92 Å². The molecule has 0 unspecified atom stereocenters. The van der Waals surface area contributed by atoms with E-state index >= 15 is 0 Å². The molecule has 0 aromatic carbocycles. The molecule has 5 heteroatoms. The first-order valence-electron chi connectivity index (χ1n) is 5.39. The lowest BCUT2D eigenvalue weighted by molar-refractivity contribution is 0.112. The minimum absolute atomic E-state index is 0.249. The third kappa shape index (κ3) is 2.74. The van der Waals surface area contributed by atoms with E-state index < -0.39 is 0 Å². The maximum absolute atomic E-state index is 10.9. The van der Waals surface area contributed by atoms with Crippen molar-refractivity contribution in [3.63, 3.8) is 0 Å². The average Bonchev–Trinajstić information content (AvgIpc) is 2.79. The molecule has 1 aromatic heterocycles. The molecular formula is C11H13ClN2OS. The van der Waals surface area contributed by atoms with E-state index in [0.29, 0.717) is 10.6 Å². The van der Waals surface area contributed by atoms with Gasteiger partial charge >= 0.3 is 0 Å². The van der Waals surface area contributed by atoms with Crippen LogP contribution in [0.25, 0.3) is 0 Å². The van der Waals surface area contributed by atoms with Crippen molar-refractivity contribution in [2.24, 2.45) is 5.92 Å². The second-order valence-corrected chi connectivity index (χ2v) is 5.33. The largest absolute Gasteiger partial charge is 0.298 e. The summed E-state index contributed by atoms with van der Waals surface area (Å²) in [6.45, 7) is 0. The van der Waals surface area contributed by atoms with E-state index in [4.69, 9.17) is 11.6 Å². The van der Waals surface area contributed by atoms with Crippen LogP contribution in [0.4, 0.5) is 0 Å². The van der Waals surface area contributed by atoms with Crippen molar-refractivity contribution < 1.29 is 4.79 Å². The van der Waals surface area contributed by atoms with Crippen LogP contribution >= 0.6 is 23.4 Å². The molecule has 1 aliphatic rings. The molecule has 1 heterocycles. The molecule has 1 aromatic rings. The number of nitrogens with zero attached hydrogens (tertiary/aromatic N) is 2. The average molecular weight is 257 g/mol. The Bertz CT molecular complexity index is 380. The highest BCUT2D eigenvalue weighted by Crippen LogP contribution is 2.31. The van der Waals surface area contributed by atoms with E-state index in [9.17, 15) is 4.79 Å². The van der Waals surface area contributed by atoms with Gasteiger partial charge < -0.3 is 0 Å². The molecule has 0 aliphatic heterocycles. The van der Waals surface area contributed by atoms with Gasteiger partial charge in [0.05, 0.1) is 5.56 Å². The summed E-state index contributed by atoms with van der Waals surface area (Å²) in [6.07, 6.45) is 7.39. The Kier molecular flexibility index (Phi) is 4.18. The highest BCUT2D eigenvalue weighted by molar-refractivity contribution is 7.99. The summed E-state index contributed by atoms with van der Waals surface area (Å²) < 4.78 is 0. The summed E-state index contributed by atoms with van der Waals surface area (Å²) in [4.78, 5) is 18.8. The van der Waals surface area contributed by atoms with E-state index in [1.165, 1.54) is 32.0 Å². The lowest BCUT2D eigenvalue weighted by Gasteiger charge is -2.08. The maximum atomic E-state index is 10.9. The molecular weight excluding hydrogens is 244 g/mol. The third-order valence-electron chi connectivity index (χ3n) is 2.85.